The van der Waals surface area contributed by atoms with Crippen molar-refractivity contribution < 1.29 is 4.79 Å². The third-order valence-electron chi connectivity index (χ3n) is 6.07. The van der Waals surface area contributed by atoms with E-state index in [0.717, 1.165) is 36.5 Å². The van der Waals surface area contributed by atoms with E-state index in [2.05, 4.69) is 51.7 Å². The summed E-state index contributed by atoms with van der Waals surface area (Å²) < 4.78 is 2.17. The molecular formula is C24H25ClN6O. The summed E-state index contributed by atoms with van der Waals surface area (Å²) in [6.45, 7) is 7.94. The molecule has 0 unspecified atom stereocenters. The van der Waals surface area contributed by atoms with Crippen LogP contribution in [0.5, 0.6) is 0 Å². The second-order valence-corrected chi connectivity index (χ2v) is 8.70. The van der Waals surface area contributed by atoms with Gasteiger partial charge in [-0.05, 0) is 43.7 Å². The number of carbonyl (C=O) groups is 1. The number of amides is 1. The highest BCUT2D eigenvalue weighted by atomic mass is 35.5. The van der Waals surface area contributed by atoms with Crippen molar-refractivity contribution in [3.05, 3.63) is 76.3 Å². The van der Waals surface area contributed by atoms with Gasteiger partial charge >= 0.3 is 0 Å². The monoisotopic (exact) mass is 448 g/mol. The zero-order valence-electron chi connectivity index (χ0n) is 18.2. The van der Waals surface area contributed by atoms with Crippen molar-refractivity contribution in [2.45, 2.75) is 20.4 Å². The van der Waals surface area contributed by atoms with Gasteiger partial charge in [-0.2, -0.15) is 5.10 Å². The topological polar surface area (TPSA) is 69.5 Å². The van der Waals surface area contributed by atoms with Gasteiger partial charge in [0.05, 0.1) is 22.1 Å². The van der Waals surface area contributed by atoms with Gasteiger partial charge < -0.3 is 9.30 Å². The summed E-state index contributed by atoms with van der Waals surface area (Å²) in [4.78, 5) is 22.0. The van der Waals surface area contributed by atoms with E-state index < -0.39 is 0 Å². The van der Waals surface area contributed by atoms with Gasteiger partial charge in [-0.3, -0.25) is 14.8 Å². The van der Waals surface area contributed by atoms with Crippen LogP contribution in [0, 0.1) is 13.8 Å². The number of carbonyl (C=O) groups excluding carboxylic acids is 1. The Labute approximate surface area is 191 Å². The maximum Gasteiger partial charge on any atom is 0.271 e. The number of H-pyrrole nitrogens is 1. The van der Waals surface area contributed by atoms with Crippen molar-refractivity contribution in [1.29, 1.82) is 0 Å². The SMILES string of the molecule is Cc1ccn2c(CN3CCN(C(=O)c4cc(-c5ccccc5Cl)n[nH]4)CC3)c(C)nc2c1. The number of nitrogens with zero attached hydrogens (tertiary/aromatic N) is 5. The number of benzene rings is 1. The lowest BCUT2D eigenvalue weighted by Gasteiger charge is -2.34. The number of pyridine rings is 1. The smallest absolute Gasteiger partial charge is 0.271 e. The lowest BCUT2D eigenvalue weighted by Crippen LogP contribution is -2.48. The Kier molecular flexibility index (Phi) is 5.45. The van der Waals surface area contributed by atoms with E-state index in [4.69, 9.17) is 16.6 Å². The molecule has 0 saturated carbocycles. The predicted octanol–water partition coefficient (Wildman–Crippen LogP) is 3.95. The molecule has 4 heterocycles. The van der Waals surface area contributed by atoms with Crippen LogP contribution in [0.2, 0.25) is 5.02 Å². The van der Waals surface area contributed by atoms with E-state index in [-0.39, 0.29) is 5.91 Å². The van der Waals surface area contributed by atoms with Gasteiger partial charge in [-0.25, -0.2) is 4.98 Å². The zero-order chi connectivity index (χ0) is 22.2. The van der Waals surface area contributed by atoms with E-state index >= 15 is 0 Å². The molecule has 4 aromatic rings. The van der Waals surface area contributed by atoms with Gasteiger partial charge in [0.2, 0.25) is 0 Å². The van der Waals surface area contributed by atoms with Gasteiger partial charge in [-0.15, -0.1) is 0 Å². The highest BCUT2D eigenvalue weighted by Gasteiger charge is 2.25. The van der Waals surface area contributed by atoms with Crippen molar-refractivity contribution in [3.8, 4) is 11.3 Å². The Morgan fingerprint density at radius 3 is 2.66 bits per heavy atom. The summed E-state index contributed by atoms with van der Waals surface area (Å²) in [7, 11) is 0. The fourth-order valence-corrected chi connectivity index (χ4v) is 4.47. The van der Waals surface area contributed by atoms with Crippen LogP contribution in [0.3, 0.4) is 0 Å². The normalized spacial score (nSPS) is 14.9. The molecule has 7 nitrogen and oxygen atoms in total. The van der Waals surface area contributed by atoms with E-state index in [1.54, 1.807) is 6.07 Å². The Hall–Kier alpha value is -3.16. The molecule has 5 rings (SSSR count). The molecule has 164 valence electrons. The van der Waals surface area contributed by atoms with Crippen LogP contribution < -0.4 is 0 Å². The van der Waals surface area contributed by atoms with Crippen molar-refractivity contribution >= 4 is 23.2 Å². The number of aromatic nitrogens is 4. The highest BCUT2D eigenvalue weighted by molar-refractivity contribution is 6.33. The number of aryl methyl sites for hydroxylation is 2. The fourth-order valence-electron chi connectivity index (χ4n) is 4.23. The quantitative estimate of drug-likeness (QED) is 0.513. The fraction of sp³-hybridized carbons (Fsp3) is 0.292. The van der Waals surface area contributed by atoms with E-state index in [1.807, 2.05) is 29.2 Å². The lowest BCUT2D eigenvalue weighted by atomic mass is 10.1. The maximum atomic E-state index is 13.0. The molecule has 0 bridgehead atoms. The number of fused-ring (bicyclic) bond motifs is 1. The lowest BCUT2D eigenvalue weighted by molar-refractivity contribution is 0.0620. The number of nitrogens with one attached hydrogen (secondary N) is 1. The van der Waals surface area contributed by atoms with Crippen molar-refractivity contribution in [3.63, 3.8) is 0 Å². The second kappa shape index (κ2) is 8.41. The first-order chi connectivity index (χ1) is 15.5. The first-order valence-corrected chi connectivity index (χ1v) is 11.1. The van der Waals surface area contributed by atoms with Crippen LogP contribution in [0.15, 0.2) is 48.7 Å². The summed E-state index contributed by atoms with van der Waals surface area (Å²) in [5.74, 6) is -0.0306. The molecule has 0 aliphatic carbocycles. The minimum absolute atomic E-state index is 0.0306. The summed E-state index contributed by atoms with van der Waals surface area (Å²) in [6.07, 6.45) is 2.09. The molecule has 32 heavy (non-hydrogen) atoms. The summed E-state index contributed by atoms with van der Waals surface area (Å²) in [5.41, 5.74) is 6.43. The molecule has 1 amide bonds. The van der Waals surface area contributed by atoms with Gasteiger partial charge in [0.15, 0.2) is 0 Å². The van der Waals surface area contributed by atoms with Crippen LogP contribution in [-0.4, -0.2) is 61.5 Å². The molecule has 8 heteroatoms. The molecule has 1 saturated heterocycles. The molecule has 0 atom stereocenters. The maximum absolute atomic E-state index is 13.0. The Morgan fingerprint density at radius 2 is 1.88 bits per heavy atom. The minimum atomic E-state index is -0.0306. The molecular weight excluding hydrogens is 424 g/mol. The summed E-state index contributed by atoms with van der Waals surface area (Å²) in [6, 6.07) is 13.5. The first-order valence-electron chi connectivity index (χ1n) is 10.8. The van der Waals surface area contributed by atoms with E-state index in [1.165, 1.54) is 11.3 Å². The standard InChI is InChI=1S/C24H25ClN6O/c1-16-7-8-31-22(17(2)26-23(31)13-16)15-29-9-11-30(12-10-29)24(32)21-14-20(27-28-21)18-5-3-4-6-19(18)25/h3-8,13-14H,9-12,15H2,1-2H3,(H,27,28). The minimum Gasteiger partial charge on any atom is -0.335 e. The Balaban J connectivity index is 1.24. The molecule has 1 fully saturated rings. The summed E-state index contributed by atoms with van der Waals surface area (Å²) >= 11 is 6.26. The number of halogens is 1. The second-order valence-electron chi connectivity index (χ2n) is 8.29. The number of aromatic amines is 1. The van der Waals surface area contributed by atoms with Crippen LogP contribution in [-0.2, 0) is 6.54 Å². The van der Waals surface area contributed by atoms with Gasteiger partial charge in [-0.1, -0.05) is 29.8 Å². The number of hydrogen-bond acceptors (Lipinski definition) is 4. The van der Waals surface area contributed by atoms with Gasteiger partial charge in [0, 0.05) is 44.5 Å². The molecule has 0 spiro atoms. The zero-order valence-corrected chi connectivity index (χ0v) is 18.9. The van der Waals surface area contributed by atoms with Gasteiger partial charge in [0.25, 0.3) is 5.91 Å². The van der Waals surface area contributed by atoms with E-state index in [9.17, 15) is 4.79 Å². The molecule has 3 aromatic heterocycles. The van der Waals surface area contributed by atoms with Crippen molar-refractivity contribution in [2.75, 3.05) is 26.2 Å². The third-order valence-corrected chi connectivity index (χ3v) is 6.40. The molecule has 1 aromatic carbocycles. The average Bonchev–Trinajstić information content (AvgIpc) is 3.39. The summed E-state index contributed by atoms with van der Waals surface area (Å²) in [5, 5.41) is 7.79. The first kappa shape index (κ1) is 20.7. The van der Waals surface area contributed by atoms with Crippen molar-refractivity contribution in [1.82, 2.24) is 29.4 Å². The van der Waals surface area contributed by atoms with Crippen LogP contribution in [0.25, 0.3) is 16.9 Å². The Morgan fingerprint density at radius 1 is 1.09 bits per heavy atom. The number of imidazole rings is 1. The van der Waals surface area contributed by atoms with Crippen LogP contribution in [0.4, 0.5) is 0 Å². The predicted molar refractivity (Wildman–Crippen MR) is 125 cm³/mol. The number of piperazine rings is 1. The Bertz CT molecular complexity index is 1280. The van der Waals surface area contributed by atoms with Crippen LogP contribution in [0.1, 0.15) is 27.4 Å². The van der Waals surface area contributed by atoms with Crippen LogP contribution >= 0.6 is 11.6 Å². The average molecular weight is 449 g/mol. The van der Waals surface area contributed by atoms with Gasteiger partial charge in [0.1, 0.15) is 11.3 Å². The van der Waals surface area contributed by atoms with E-state index in [0.29, 0.717) is 29.5 Å². The highest BCUT2D eigenvalue weighted by Crippen LogP contribution is 2.26. The third kappa shape index (κ3) is 3.89. The number of hydrogen-bond donors (Lipinski definition) is 1. The molecule has 1 aliphatic rings. The molecule has 1 aliphatic heterocycles. The number of rotatable bonds is 4. The molecule has 0 radical (unpaired) electrons. The molecule has 1 N–H and O–H groups in total. The van der Waals surface area contributed by atoms with Crippen molar-refractivity contribution in [2.24, 2.45) is 0 Å². The largest absolute Gasteiger partial charge is 0.335 e.